The molecule has 0 atom stereocenters. The van der Waals surface area contributed by atoms with Crippen LogP contribution in [0.5, 0.6) is 0 Å². The highest BCUT2D eigenvalue weighted by atomic mass is 16.3. The highest BCUT2D eigenvalue weighted by Crippen LogP contribution is 2.53. The first-order chi connectivity index (χ1) is 27.5. The van der Waals surface area contributed by atoms with Crippen molar-refractivity contribution in [3.8, 4) is 50.4 Å². The third-order valence-electron chi connectivity index (χ3n) is 12.2. The second-order valence-corrected chi connectivity index (χ2v) is 15.7. The Morgan fingerprint density at radius 1 is 0.429 bits per heavy atom. The first-order valence-electron chi connectivity index (χ1n) is 19.3. The minimum absolute atomic E-state index is 0.237. The van der Waals surface area contributed by atoms with E-state index in [1.807, 2.05) is 18.2 Å². The highest BCUT2D eigenvalue weighted by molar-refractivity contribution is 6.13. The van der Waals surface area contributed by atoms with E-state index in [2.05, 4.69) is 176 Å². The van der Waals surface area contributed by atoms with Gasteiger partial charge < -0.3 is 13.4 Å². The second kappa shape index (κ2) is 11.5. The van der Waals surface area contributed by atoms with Crippen molar-refractivity contribution in [3.05, 3.63) is 187 Å². The summed E-state index contributed by atoms with van der Waals surface area (Å²) in [6, 6.07) is 63.4. The van der Waals surface area contributed by atoms with Crippen LogP contribution in [0.15, 0.2) is 185 Å². The maximum Gasteiger partial charge on any atom is 0.135 e. The van der Waals surface area contributed by atoms with Crippen LogP contribution in [0.1, 0.15) is 25.0 Å². The molecule has 0 radical (unpaired) electrons. The quantitative estimate of drug-likeness (QED) is 0.181. The SMILES string of the molecule is CC1(C)c2cc(-n3c4ccc(-c5ccc(-c6ccccc6)cc5)cc4c4cc(-c5cc6ccccc6o5)ccc43)ccc2-c2ccc3oc4ccccc4c3c21. The molecule has 0 bridgehead atoms. The van der Waals surface area contributed by atoms with Crippen molar-refractivity contribution in [2.45, 2.75) is 19.3 Å². The molecule has 3 heterocycles. The van der Waals surface area contributed by atoms with Crippen LogP contribution in [0, 0.1) is 0 Å². The van der Waals surface area contributed by atoms with E-state index in [1.54, 1.807) is 0 Å². The summed E-state index contributed by atoms with van der Waals surface area (Å²) in [6.07, 6.45) is 0. The third kappa shape index (κ3) is 4.46. The lowest BCUT2D eigenvalue weighted by Crippen LogP contribution is -2.15. The average Bonchev–Trinajstić information content (AvgIpc) is 3.99. The summed E-state index contributed by atoms with van der Waals surface area (Å²) in [4.78, 5) is 0. The zero-order chi connectivity index (χ0) is 37.1. The Morgan fingerprint density at radius 2 is 1.05 bits per heavy atom. The van der Waals surface area contributed by atoms with E-state index >= 15 is 0 Å². The molecule has 1 aliphatic rings. The van der Waals surface area contributed by atoms with Gasteiger partial charge in [-0.05, 0) is 111 Å². The Labute approximate surface area is 323 Å². The highest BCUT2D eigenvalue weighted by Gasteiger charge is 2.38. The van der Waals surface area contributed by atoms with E-state index in [0.29, 0.717) is 0 Å². The van der Waals surface area contributed by atoms with Crippen molar-refractivity contribution < 1.29 is 8.83 Å². The normalized spacial score (nSPS) is 13.3. The Bertz CT molecular complexity index is 3340. The van der Waals surface area contributed by atoms with Crippen molar-refractivity contribution in [1.29, 1.82) is 0 Å². The van der Waals surface area contributed by atoms with Crippen LogP contribution in [0.2, 0.25) is 0 Å². The predicted molar refractivity (Wildman–Crippen MR) is 232 cm³/mol. The van der Waals surface area contributed by atoms with E-state index in [-0.39, 0.29) is 5.41 Å². The molecule has 0 unspecified atom stereocenters. The zero-order valence-electron chi connectivity index (χ0n) is 31.0. The Hall–Kier alpha value is -7.10. The molecular weight excluding hydrogens is 683 g/mol. The summed E-state index contributed by atoms with van der Waals surface area (Å²) in [7, 11) is 0. The van der Waals surface area contributed by atoms with Crippen LogP contribution in [0.25, 0.3) is 105 Å². The Balaban J connectivity index is 1.05. The van der Waals surface area contributed by atoms with Gasteiger partial charge in [-0.2, -0.15) is 0 Å². The summed E-state index contributed by atoms with van der Waals surface area (Å²) >= 11 is 0. The fourth-order valence-corrected chi connectivity index (χ4v) is 9.49. The maximum atomic E-state index is 6.39. The summed E-state index contributed by atoms with van der Waals surface area (Å²) in [5.74, 6) is 0.872. The molecular formula is C53H35NO2. The number of fused-ring (bicyclic) bond motifs is 11. The maximum absolute atomic E-state index is 6.39. The topological polar surface area (TPSA) is 31.2 Å². The van der Waals surface area contributed by atoms with Gasteiger partial charge in [-0.1, -0.05) is 123 Å². The molecule has 56 heavy (non-hydrogen) atoms. The van der Waals surface area contributed by atoms with Crippen LogP contribution in [-0.4, -0.2) is 4.57 Å². The van der Waals surface area contributed by atoms with Gasteiger partial charge >= 0.3 is 0 Å². The number of para-hydroxylation sites is 2. The number of hydrogen-bond acceptors (Lipinski definition) is 2. The average molecular weight is 718 g/mol. The second-order valence-electron chi connectivity index (χ2n) is 15.7. The molecule has 3 nitrogen and oxygen atoms in total. The van der Waals surface area contributed by atoms with Gasteiger partial charge in [0.25, 0.3) is 0 Å². The van der Waals surface area contributed by atoms with Crippen LogP contribution in [0.4, 0.5) is 0 Å². The van der Waals surface area contributed by atoms with E-state index < -0.39 is 0 Å². The molecule has 0 spiro atoms. The molecule has 1 aliphatic carbocycles. The minimum Gasteiger partial charge on any atom is -0.456 e. The molecule has 3 heteroatoms. The van der Waals surface area contributed by atoms with Gasteiger partial charge in [0.05, 0.1) is 11.0 Å². The van der Waals surface area contributed by atoms with Gasteiger partial charge in [0, 0.05) is 43.6 Å². The van der Waals surface area contributed by atoms with Crippen molar-refractivity contribution in [2.75, 3.05) is 0 Å². The third-order valence-corrected chi connectivity index (χ3v) is 12.2. The largest absolute Gasteiger partial charge is 0.456 e. The van der Waals surface area contributed by atoms with Crippen LogP contribution < -0.4 is 0 Å². The number of aromatic nitrogens is 1. The molecule has 0 amide bonds. The van der Waals surface area contributed by atoms with Crippen LogP contribution in [0.3, 0.4) is 0 Å². The molecule has 0 saturated heterocycles. The molecule has 0 aliphatic heterocycles. The van der Waals surface area contributed by atoms with E-state index in [4.69, 9.17) is 8.83 Å². The van der Waals surface area contributed by atoms with Crippen molar-refractivity contribution in [2.24, 2.45) is 0 Å². The van der Waals surface area contributed by atoms with Crippen molar-refractivity contribution in [3.63, 3.8) is 0 Å². The van der Waals surface area contributed by atoms with Crippen molar-refractivity contribution >= 4 is 54.7 Å². The zero-order valence-corrected chi connectivity index (χ0v) is 31.0. The van der Waals surface area contributed by atoms with Crippen molar-refractivity contribution in [1.82, 2.24) is 4.57 Å². The Kier molecular flexibility index (Phi) is 6.40. The van der Waals surface area contributed by atoms with Gasteiger partial charge in [0.15, 0.2) is 0 Å². The number of furan rings is 2. The van der Waals surface area contributed by atoms with Gasteiger partial charge in [0.1, 0.15) is 22.5 Å². The lowest BCUT2D eigenvalue weighted by atomic mass is 9.80. The molecule has 8 aromatic carbocycles. The molecule has 11 aromatic rings. The standard InChI is InChI=1S/C53H35NO2/c1-53(2)44-31-38(22-23-39(44)40-24-27-49-51(52(40)53)41-13-7-9-15-48(41)56-49)54-45-25-20-35(34-18-16-33(17-19-34)32-10-4-3-5-11-32)28-42(45)43-29-37(21-26-46(43)54)50-30-36-12-6-8-14-47(36)55-50/h3-31H,1-2H3. The van der Waals surface area contributed by atoms with E-state index in [0.717, 1.165) is 44.7 Å². The minimum atomic E-state index is -0.237. The Morgan fingerprint density at radius 3 is 1.84 bits per heavy atom. The molecule has 0 saturated carbocycles. The number of rotatable bonds is 4. The molecule has 0 N–H and O–H groups in total. The van der Waals surface area contributed by atoms with Crippen LogP contribution in [-0.2, 0) is 5.41 Å². The summed E-state index contributed by atoms with van der Waals surface area (Å²) < 4.78 is 15.2. The predicted octanol–water partition coefficient (Wildman–Crippen LogP) is 14.7. The molecule has 3 aromatic heterocycles. The molecule has 0 fully saturated rings. The fraction of sp³-hybridized carbons (Fsp3) is 0.0566. The monoisotopic (exact) mass is 717 g/mol. The lowest BCUT2D eigenvalue weighted by molar-refractivity contribution is 0.631. The first-order valence-corrected chi connectivity index (χ1v) is 19.3. The van der Waals surface area contributed by atoms with Gasteiger partial charge in [0.2, 0.25) is 0 Å². The number of hydrogen-bond donors (Lipinski definition) is 0. The fourth-order valence-electron chi connectivity index (χ4n) is 9.49. The number of nitrogens with zero attached hydrogens (tertiary/aromatic N) is 1. The summed E-state index contributed by atoms with van der Waals surface area (Å²) in [6.45, 7) is 4.73. The van der Waals surface area contributed by atoms with Gasteiger partial charge in [-0.25, -0.2) is 0 Å². The lowest BCUT2D eigenvalue weighted by Gasteiger charge is -2.23. The molecule has 12 rings (SSSR count). The van der Waals surface area contributed by atoms with E-state index in [9.17, 15) is 0 Å². The van der Waals surface area contributed by atoms with E-state index in [1.165, 1.54) is 71.6 Å². The van der Waals surface area contributed by atoms with Gasteiger partial charge in [-0.3, -0.25) is 0 Å². The van der Waals surface area contributed by atoms with Crippen LogP contribution >= 0.6 is 0 Å². The smallest absolute Gasteiger partial charge is 0.135 e. The summed E-state index contributed by atoms with van der Waals surface area (Å²) in [5, 5.41) is 5.90. The molecule has 264 valence electrons. The first kappa shape index (κ1) is 31.3. The van der Waals surface area contributed by atoms with Gasteiger partial charge in [-0.15, -0.1) is 0 Å². The number of benzene rings is 8. The summed E-state index contributed by atoms with van der Waals surface area (Å²) in [5.41, 5.74) is 17.1.